The Balaban J connectivity index is 0.699. The van der Waals surface area contributed by atoms with Gasteiger partial charge in [0.25, 0.3) is 0 Å². The molecule has 2 heterocycles. The number of hydrogen-bond donors (Lipinski definition) is 0. The highest BCUT2D eigenvalue weighted by atomic mass is 15.0. The molecule has 0 aliphatic heterocycles. The standard InChI is InChI=1S/C69H50N2/c1-3-13-55(14-4-1)70-65-19-9-7-17-59(65)61-45-53(35-39-67(61)70)51-31-25-47(26-32-51)21-23-49-29-37-57-58-38-30-50(44-64(58)69(63(57)43-49)41-11-12-42-69)24-22-48-27-33-52(34-28-48)54-36-40-68-62(46-54)60-18-8-10-20-66(60)71(68)56-15-5-2-6-16-56/h1-10,13-40,43-46H,11-12,41-42H2/b23-21+,24-22+. The topological polar surface area (TPSA) is 9.86 Å². The number of rotatable bonds is 8. The van der Waals surface area contributed by atoms with Gasteiger partial charge in [0.05, 0.1) is 22.1 Å². The summed E-state index contributed by atoms with van der Waals surface area (Å²) < 4.78 is 4.75. The third-order valence-corrected chi connectivity index (χ3v) is 15.7. The molecule has 71 heavy (non-hydrogen) atoms. The number of aromatic nitrogens is 2. The van der Waals surface area contributed by atoms with Crippen molar-refractivity contribution in [3.05, 3.63) is 264 Å². The minimum Gasteiger partial charge on any atom is -0.309 e. The van der Waals surface area contributed by atoms with Crippen LogP contribution in [0.25, 0.3) is 113 Å². The Bertz CT molecular complexity index is 3800. The molecule has 10 aromatic carbocycles. The fourth-order valence-electron chi connectivity index (χ4n) is 12.2. The molecule has 0 radical (unpaired) electrons. The van der Waals surface area contributed by atoms with Crippen molar-refractivity contribution >= 4 is 67.9 Å². The summed E-state index contributed by atoms with van der Waals surface area (Å²) in [6.07, 6.45) is 14.1. The molecule has 14 rings (SSSR count). The lowest BCUT2D eigenvalue weighted by atomic mass is 9.76. The van der Waals surface area contributed by atoms with E-state index in [4.69, 9.17) is 0 Å². The predicted octanol–water partition coefficient (Wildman–Crippen LogP) is 18.4. The molecule has 12 aromatic rings. The monoisotopic (exact) mass is 906 g/mol. The molecule has 2 aromatic heterocycles. The van der Waals surface area contributed by atoms with Crippen LogP contribution in [0.15, 0.2) is 231 Å². The highest BCUT2D eigenvalue weighted by molar-refractivity contribution is 6.11. The van der Waals surface area contributed by atoms with E-state index in [1.54, 1.807) is 0 Å². The van der Waals surface area contributed by atoms with Gasteiger partial charge in [-0.2, -0.15) is 0 Å². The molecular formula is C69H50N2. The second-order valence-electron chi connectivity index (χ2n) is 19.7. The van der Waals surface area contributed by atoms with Gasteiger partial charge < -0.3 is 9.13 Å². The SMILES string of the molecule is C(=C\c1ccc2c(c1)C1(CCCC1)c1cc(/C=C/c3ccc(-c4ccc5c(c4)c4ccccc4n5-c4ccccc4)cc3)ccc1-2)/c1ccc(-c2ccc3c(c2)c2ccccc2n3-c2ccccc2)cc1. The summed E-state index contributed by atoms with van der Waals surface area (Å²) in [5.41, 5.74) is 23.0. The normalized spacial score (nSPS) is 14.0. The van der Waals surface area contributed by atoms with Crippen LogP contribution in [0.1, 0.15) is 59.1 Å². The number of para-hydroxylation sites is 4. The van der Waals surface area contributed by atoms with Crippen molar-refractivity contribution in [2.45, 2.75) is 31.1 Å². The van der Waals surface area contributed by atoms with Gasteiger partial charge in [0, 0.05) is 38.3 Å². The second kappa shape index (κ2) is 16.8. The molecule has 0 N–H and O–H groups in total. The van der Waals surface area contributed by atoms with Crippen LogP contribution in [0, 0.1) is 0 Å². The van der Waals surface area contributed by atoms with Gasteiger partial charge in [-0.05, 0) is 140 Å². The first-order valence-corrected chi connectivity index (χ1v) is 25.2. The van der Waals surface area contributed by atoms with Crippen molar-refractivity contribution in [2.24, 2.45) is 0 Å². The van der Waals surface area contributed by atoms with Crippen molar-refractivity contribution in [2.75, 3.05) is 0 Å². The number of hydrogen-bond acceptors (Lipinski definition) is 0. The van der Waals surface area contributed by atoms with E-state index in [9.17, 15) is 0 Å². The van der Waals surface area contributed by atoms with E-state index in [0.717, 1.165) is 0 Å². The highest BCUT2D eigenvalue weighted by Crippen LogP contribution is 2.57. The molecular weight excluding hydrogens is 857 g/mol. The quantitative estimate of drug-likeness (QED) is 0.134. The summed E-state index contributed by atoms with van der Waals surface area (Å²) in [7, 11) is 0. The second-order valence-corrected chi connectivity index (χ2v) is 19.7. The maximum Gasteiger partial charge on any atom is 0.0541 e. The molecule has 0 unspecified atom stereocenters. The van der Waals surface area contributed by atoms with Gasteiger partial charge in [-0.25, -0.2) is 0 Å². The highest BCUT2D eigenvalue weighted by Gasteiger charge is 2.45. The van der Waals surface area contributed by atoms with Gasteiger partial charge in [-0.15, -0.1) is 0 Å². The van der Waals surface area contributed by atoms with E-state index < -0.39 is 0 Å². The van der Waals surface area contributed by atoms with Crippen LogP contribution < -0.4 is 0 Å². The summed E-state index contributed by atoms with van der Waals surface area (Å²) in [6.45, 7) is 0. The Kier molecular flexibility index (Phi) is 9.74. The van der Waals surface area contributed by atoms with Gasteiger partial charge in [-0.1, -0.05) is 207 Å². The summed E-state index contributed by atoms with van der Waals surface area (Å²) in [5.74, 6) is 0. The first kappa shape index (κ1) is 41.3. The van der Waals surface area contributed by atoms with Gasteiger partial charge >= 0.3 is 0 Å². The molecule has 0 saturated heterocycles. The molecule has 0 atom stereocenters. The van der Waals surface area contributed by atoms with Crippen LogP contribution in [-0.4, -0.2) is 9.13 Å². The summed E-state index contributed by atoms with van der Waals surface area (Å²) in [4.78, 5) is 0. The maximum absolute atomic E-state index is 2.49. The smallest absolute Gasteiger partial charge is 0.0541 e. The van der Waals surface area contributed by atoms with E-state index in [-0.39, 0.29) is 5.41 Å². The van der Waals surface area contributed by atoms with Crippen LogP contribution in [-0.2, 0) is 5.41 Å². The third kappa shape index (κ3) is 6.93. The molecule has 336 valence electrons. The fraction of sp³-hybridized carbons (Fsp3) is 0.0725. The lowest BCUT2D eigenvalue weighted by Gasteiger charge is -2.27. The minimum atomic E-state index is 0.0741. The lowest BCUT2D eigenvalue weighted by Crippen LogP contribution is -2.20. The van der Waals surface area contributed by atoms with Crippen molar-refractivity contribution in [3.63, 3.8) is 0 Å². The molecule has 2 heteroatoms. The van der Waals surface area contributed by atoms with Gasteiger partial charge in [-0.3, -0.25) is 0 Å². The number of fused-ring (bicyclic) bond motifs is 11. The molecule has 0 amide bonds. The first-order chi connectivity index (χ1) is 35.1. The van der Waals surface area contributed by atoms with Crippen LogP contribution >= 0.6 is 0 Å². The Morgan fingerprint density at radius 3 is 1.11 bits per heavy atom. The average Bonchev–Trinajstić information content (AvgIpc) is 4.21. The van der Waals surface area contributed by atoms with E-state index in [1.165, 1.54) is 147 Å². The Hall–Kier alpha value is -8.72. The molecule has 2 aliphatic carbocycles. The Labute approximate surface area is 414 Å². The average molecular weight is 907 g/mol. The summed E-state index contributed by atoms with van der Waals surface area (Å²) in [5, 5.41) is 5.09. The largest absolute Gasteiger partial charge is 0.309 e. The van der Waals surface area contributed by atoms with Gasteiger partial charge in [0.1, 0.15) is 0 Å². The molecule has 1 fully saturated rings. The van der Waals surface area contributed by atoms with Crippen LogP contribution in [0.2, 0.25) is 0 Å². The fourth-order valence-corrected chi connectivity index (χ4v) is 12.2. The van der Waals surface area contributed by atoms with E-state index >= 15 is 0 Å². The Morgan fingerprint density at radius 1 is 0.296 bits per heavy atom. The van der Waals surface area contributed by atoms with E-state index in [0.29, 0.717) is 0 Å². The number of nitrogens with zero attached hydrogens (tertiary/aromatic N) is 2. The van der Waals surface area contributed by atoms with Gasteiger partial charge in [0.15, 0.2) is 0 Å². The number of benzene rings is 10. The third-order valence-electron chi connectivity index (χ3n) is 15.7. The molecule has 2 aliphatic rings. The van der Waals surface area contributed by atoms with Crippen LogP contribution in [0.3, 0.4) is 0 Å². The molecule has 2 nitrogen and oxygen atoms in total. The van der Waals surface area contributed by atoms with Crippen molar-refractivity contribution < 1.29 is 0 Å². The van der Waals surface area contributed by atoms with Gasteiger partial charge in [0.2, 0.25) is 0 Å². The van der Waals surface area contributed by atoms with E-state index in [1.807, 2.05) is 0 Å². The van der Waals surface area contributed by atoms with Crippen LogP contribution in [0.5, 0.6) is 0 Å². The van der Waals surface area contributed by atoms with Crippen molar-refractivity contribution in [3.8, 4) is 44.8 Å². The maximum atomic E-state index is 2.49. The molecule has 1 saturated carbocycles. The van der Waals surface area contributed by atoms with E-state index in [2.05, 4.69) is 264 Å². The summed E-state index contributed by atoms with van der Waals surface area (Å²) >= 11 is 0. The predicted molar refractivity (Wildman–Crippen MR) is 301 cm³/mol. The summed E-state index contributed by atoms with van der Waals surface area (Å²) in [6, 6.07) is 85.0. The Morgan fingerprint density at radius 2 is 0.662 bits per heavy atom. The zero-order chi connectivity index (χ0) is 46.9. The first-order valence-electron chi connectivity index (χ1n) is 25.2. The molecule has 0 bridgehead atoms. The van der Waals surface area contributed by atoms with Crippen molar-refractivity contribution in [1.29, 1.82) is 0 Å². The zero-order valence-electron chi connectivity index (χ0n) is 39.5. The molecule has 1 spiro atoms. The zero-order valence-corrected chi connectivity index (χ0v) is 39.5. The van der Waals surface area contributed by atoms with Crippen molar-refractivity contribution in [1.82, 2.24) is 9.13 Å². The lowest BCUT2D eigenvalue weighted by molar-refractivity contribution is 0.550. The van der Waals surface area contributed by atoms with Crippen LogP contribution in [0.4, 0.5) is 0 Å². The minimum absolute atomic E-state index is 0.0741.